The summed E-state index contributed by atoms with van der Waals surface area (Å²) in [6.45, 7) is 2.20. The molecule has 3 aliphatic heterocycles. The van der Waals surface area contributed by atoms with Crippen LogP contribution >= 0.6 is 0 Å². The Morgan fingerprint density at radius 3 is 1.91 bits per heavy atom. The van der Waals surface area contributed by atoms with Gasteiger partial charge in [-0.15, -0.1) is 0 Å². The van der Waals surface area contributed by atoms with Crippen molar-refractivity contribution in [2.45, 2.75) is 18.9 Å². The third-order valence-electron chi connectivity index (χ3n) is 4.20. The summed E-state index contributed by atoms with van der Waals surface area (Å²) in [4.78, 5) is 13.7. The van der Waals surface area contributed by atoms with Gasteiger partial charge in [-0.1, -0.05) is 0 Å². The second kappa shape index (κ2) is 5.95. The molecular weight excluding hydrogens is 325 g/mol. The molecule has 9 heteroatoms. The zero-order valence-corrected chi connectivity index (χ0v) is 11.8. The number of nitrogens with zero attached hydrogens (tertiary/aromatic N) is 1. The highest BCUT2D eigenvalue weighted by Crippen LogP contribution is 2.32. The molecule has 0 amide bonds. The predicted molar refractivity (Wildman–Crippen MR) is 66.3 cm³/mol. The predicted octanol–water partition coefficient (Wildman–Crippen LogP) is 2.99. The Morgan fingerprint density at radius 2 is 1.43 bits per heavy atom. The first-order valence-corrected chi connectivity index (χ1v) is 7.00. The lowest BCUT2D eigenvalue weighted by Gasteiger charge is -2.43. The maximum absolute atomic E-state index is 13.4. The molecule has 0 aliphatic carbocycles. The van der Waals surface area contributed by atoms with E-state index in [2.05, 4.69) is 9.64 Å². The average Bonchev–Trinajstić information content (AvgIpc) is 2.56. The van der Waals surface area contributed by atoms with E-state index in [4.69, 9.17) is 4.74 Å². The van der Waals surface area contributed by atoms with Gasteiger partial charge in [-0.3, -0.25) is 4.90 Å². The summed E-state index contributed by atoms with van der Waals surface area (Å²) in [5.41, 5.74) is 0. The van der Waals surface area contributed by atoms with Gasteiger partial charge in [-0.05, 0) is 31.8 Å². The van der Waals surface area contributed by atoms with Crippen molar-refractivity contribution in [1.29, 1.82) is 0 Å². The molecule has 23 heavy (non-hydrogen) atoms. The minimum absolute atomic E-state index is 0.101. The molecule has 3 saturated heterocycles. The molecular formula is C14H12F5NO3. The van der Waals surface area contributed by atoms with E-state index >= 15 is 0 Å². The molecule has 1 aromatic rings. The molecule has 0 aromatic heterocycles. The molecule has 0 saturated carbocycles. The Balaban J connectivity index is 1.73. The molecule has 4 rings (SSSR count). The van der Waals surface area contributed by atoms with Gasteiger partial charge in [0.25, 0.3) is 0 Å². The molecule has 1 atom stereocenters. The summed E-state index contributed by atoms with van der Waals surface area (Å²) in [6, 6.07) is 0. The Labute approximate surface area is 127 Å². The number of benzene rings is 1. The average molecular weight is 337 g/mol. The Kier molecular flexibility index (Phi) is 4.13. The van der Waals surface area contributed by atoms with E-state index < -0.39 is 47.1 Å². The van der Waals surface area contributed by atoms with Gasteiger partial charge in [-0.2, -0.15) is 8.78 Å². The third kappa shape index (κ3) is 2.85. The maximum Gasteiger partial charge on any atom is 0.514 e. The van der Waals surface area contributed by atoms with Crippen LogP contribution in [0.4, 0.5) is 26.7 Å². The number of rotatable bonds is 2. The Morgan fingerprint density at radius 1 is 0.913 bits per heavy atom. The number of fused-ring (bicyclic) bond motifs is 3. The molecule has 0 radical (unpaired) electrons. The quantitative estimate of drug-likeness (QED) is 0.273. The third-order valence-corrected chi connectivity index (χ3v) is 4.20. The van der Waals surface area contributed by atoms with Crippen molar-refractivity contribution in [1.82, 2.24) is 4.90 Å². The summed E-state index contributed by atoms with van der Waals surface area (Å²) in [6.07, 6.45) is -0.403. The minimum atomic E-state index is -2.32. The first-order chi connectivity index (χ1) is 10.9. The molecule has 2 bridgehead atoms. The second-order valence-electron chi connectivity index (χ2n) is 5.55. The summed E-state index contributed by atoms with van der Waals surface area (Å²) < 4.78 is 75.0. The number of hydrogen-bond acceptors (Lipinski definition) is 4. The van der Waals surface area contributed by atoms with Crippen molar-refractivity contribution in [3.63, 3.8) is 0 Å². The Bertz CT molecular complexity index is 617. The molecule has 3 aliphatic rings. The molecule has 1 aromatic carbocycles. The van der Waals surface area contributed by atoms with Gasteiger partial charge in [-0.25, -0.2) is 18.0 Å². The van der Waals surface area contributed by atoms with Crippen LogP contribution in [0.2, 0.25) is 0 Å². The topological polar surface area (TPSA) is 38.8 Å². The van der Waals surface area contributed by atoms with E-state index in [1.807, 2.05) is 0 Å². The molecule has 0 unspecified atom stereocenters. The fraction of sp³-hybridized carbons (Fsp3) is 0.500. The number of carbonyl (C=O) groups is 1. The van der Waals surface area contributed by atoms with Crippen LogP contribution in [-0.2, 0) is 4.74 Å². The van der Waals surface area contributed by atoms with Gasteiger partial charge in [0.05, 0.1) is 0 Å². The molecule has 3 fully saturated rings. The largest absolute Gasteiger partial charge is 0.514 e. The first kappa shape index (κ1) is 16.0. The smallest absolute Gasteiger partial charge is 0.429 e. The standard InChI is InChI=1S/C14H12F5NO3/c15-8-9(16)11(18)13(12(19)10(8)17)23-14(21)22-7-5-20-3-1-6(7)2-4-20/h6-7H,1-5H2/t7-/m0/s1. The molecule has 0 spiro atoms. The van der Waals surface area contributed by atoms with Crippen LogP contribution in [0.15, 0.2) is 0 Å². The summed E-state index contributed by atoms with van der Waals surface area (Å²) in [7, 11) is 0. The molecule has 0 N–H and O–H groups in total. The van der Waals surface area contributed by atoms with Crippen LogP contribution in [0.5, 0.6) is 5.75 Å². The van der Waals surface area contributed by atoms with Gasteiger partial charge in [0, 0.05) is 6.54 Å². The fourth-order valence-electron chi connectivity index (χ4n) is 2.95. The summed E-state index contributed by atoms with van der Waals surface area (Å²) >= 11 is 0. The minimum Gasteiger partial charge on any atom is -0.429 e. The summed E-state index contributed by atoms with van der Waals surface area (Å²) in [5.74, 6) is -12.7. The highest BCUT2D eigenvalue weighted by molar-refractivity contribution is 5.64. The van der Waals surface area contributed by atoms with E-state index in [1.165, 1.54) is 0 Å². The highest BCUT2D eigenvalue weighted by atomic mass is 19.2. The van der Waals surface area contributed by atoms with Crippen molar-refractivity contribution in [3.05, 3.63) is 29.1 Å². The van der Waals surface area contributed by atoms with Crippen LogP contribution in [0.3, 0.4) is 0 Å². The van der Waals surface area contributed by atoms with Crippen molar-refractivity contribution >= 4 is 6.16 Å². The lowest BCUT2D eigenvalue weighted by atomic mass is 9.86. The highest BCUT2D eigenvalue weighted by Gasteiger charge is 2.37. The van der Waals surface area contributed by atoms with E-state index in [0.29, 0.717) is 6.54 Å². The van der Waals surface area contributed by atoms with Crippen LogP contribution < -0.4 is 4.74 Å². The zero-order chi connectivity index (χ0) is 16.7. The van der Waals surface area contributed by atoms with Crippen molar-refractivity contribution in [3.8, 4) is 5.75 Å². The molecule has 126 valence electrons. The van der Waals surface area contributed by atoms with Crippen LogP contribution in [0, 0.1) is 35.0 Å². The summed E-state index contributed by atoms with van der Waals surface area (Å²) in [5, 5.41) is 0. The molecule has 3 heterocycles. The Hall–Kier alpha value is -1.90. The number of carbonyl (C=O) groups excluding carboxylic acids is 1. The van der Waals surface area contributed by atoms with Gasteiger partial charge >= 0.3 is 6.16 Å². The van der Waals surface area contributed by atoms with Gasteiger partial charge in [0.2, 0.25) is 34.8 Å². The first-order valence-electron chi connectivity index (χ1n) is 7.00. The van der Waals surface area contributed by atoms with E-state index in [9.17, 15) is 26.7 Å². The van der Waals surface area contributed by atoms with Gasteiger partial charge < -0.3 is 9.47 Å². The normalized spacial score (nSPS) is 26.2. The SMILES string of the molecule is O=C(Oc1c(F)c(F)c(F)c(F)c1F)O[C@H]1CN2CCC1CC2. The fourth-order valence-corrected chi connectivity index (χ4v) is 2.95. The molecule has 4 nitrogen and oxygen atoms in total. The van der Waals surface area contributed by atoms with E-state index in [1.54, 1.807) is 0 Å². The van der Waals surface area contributed by atoms with E-state index in [0.717, 1.165) is 25.9 Å². The van der Waals surface area contributed by atoms with Gasteiger partial charge in [0.15, 0.2) is 0 Å². The maximum atomic E-state index is 13.4. The van der Waals surface area contributed by atoms with Crippen molar-refractivity contribution in [2.75, 3.05) is 19.6 Å². The lowest BCUT2D eigenvalue weighted by molar-refractivity contribution is -0.0469. The van der Waals surface area contributed by atoms with Crippen molar-refractivity contribution in [2.24, 2.45) is 5.92 Å². The van der Waals surface area contributed by atoms with E-state index in [-0.39, 0.29) is 5.92 Å². The van der Waals surface area contributed by atoms with Crippen molar-refractivity contribution < 1.29 is 36.2 Å². The number of halogens is 5. The van der Waals surface area contributed by atoms with Crippen LogP contribution in [0.25, 0.3) is 0 Å². The van der Waals surface area contributed by atoms with Crippen LogP contribution in [0.1, 0.15) is 12.8 Å². The number of piperidine rings is 3. The number of hydrogen-bond donors (Lipinski definition) is 0. The van der Waals surface area contributed by atoms with Crippen LogP contribution in [-0.4, -0.2) is 36.8 Å². The lowest BCUT2D eigenvalue weighted by Crippen LogP contribution is -2.52. The van der Waals surface area contributed by atoms with Gasteiger partial charge in [0.1, 0.15) is 6.10 Å². The number of ether oxygens (including phenoxy) is 2. The zero-order valence-electron chi connectivity index (χ0n) is 11.8. The monoisotopic (exact) mass is 337 g/mol. The second-order valence-corrected chi connectivity index (χ2v) is 5.55.